The van der Waals surface area contributed by atoms with E-state index < -0.39 is 5.60 Å². The molecule has 2 rings (SSSR count). The van der Waals surface area contributed by atoms with Gasteiger partial charge in [0.1, 0.15) is 5.75 Å². The molecule has 0 saturated carbocycles. The molecule has 4 heteroatoms. The number of hydrogen-bond acceptors (Lipinski definition) is 4. The van der Waals surface area contributed by atoms with E-state index in [-0.39, 0.29) is 0 Å². The van der Waals surface area contributed by atoms with Gasteiger partial charge < -0.3 is 14.6 Å². The van der Waals surface area contributed by atoms with Crippen LogP contribution in [0.4, 0.5) is 0 Å². The van der Waals surface area contributed by atoms with Crippen LogP contribution in [0, 0.1) is 0 Å². The minimum Gasteiger partial charge on any atom is -0.494 e. The van der Waals surface area contributed by atoms with Crippen molar-refractivity contribution in [1.82, 2.24) is 4.90 Å². The normalized spacial score (nSPS) is 18.2. The van der Waals surface area contributed by atoms with Crippen LogP contribution in [0.15, 0.2) is 24.3 Å². The number of rotatable bonds is 6. The number of hydrogen-bond donors (Lipinski definition) is 1. The number of aliphatic hydroxyl groups is 1. The van der Waals surface area contributed by atoms with E-state index in [1.165, 1.54) is 0 Å². The molecule has 1 saturated heterocycles. The summed E-state index contributed by atoms with van der Waals surface area (Å²) in [6, 6.07) is 8.08. The minimum absolute atomic E-state index is 0.618. The average Bonchev–Trinajstić information content (AvgIpc) is 2.41. The quantitative estimate of drug-likeness (QED) is 0.865. The fourth-order valence-corrected chi connectivity index (χ4v) is 2.69. The van der Waals surface area contributed by atoms with E-state index in [1.54, 1.807) is 0 Å². The van der Waals surface area contributed by atoms with Crippen LogP contribution in [0.2, 0.25) is 0 Å². The lowest BCUT2D eigenvalue weighted by Crippen LogP contribution is -2.45. The van der Waals surface area contributed by atoms with Gasteiger partial charge in [-0.3, -0.25) is 4.90 Å². The Labute approximate surface area is 121 Å². The average molecular weight is 279 g/mol. The van der Waals surface area contributed by atoms with Gasteiger partial charge in [-0.1, -0.05) is 18.2 Å². The molecular formula is C16H25NO3. The Kier molecular flexibility index (Phi) is 5.40. The SMILES string of the molecule is CCOc1ccccc1CN(C)CC1(O)CCOCC1. The van der Waals surface area contributed by atoms with E-state index in [2.05, 4.69) is 11.0 Å². The highest BCUT2D eigenvalue weighted by Crippen LogP contribution is 2.24. The van der Waals surface area contributed by atoms with Crippen molar-refractivity contribution in [2.75, 3.05) is 33.4 Å². The first-order chi connectivity index (χ1) is 9.63. The van der Waals surface area contributed by atoms with Gasteiger partial charge in [0, 0.05) is 44.7 Å². The molecule has 0 aromatic heterocycles. The van der Waals surface area contributed by atoms with Crippen molar-refractivity contribution >= 4 is 0 Å². The molecule has 1 heterocycles. The predicted octanol–water partition coefficient (Wildman–Crippen LogP) is 2.06. The molecule has 0 spiro atoms. The second-order valence-corrected chi connectivity index (χ2v) is 5.55. The second-order valence-electron chi connectivity index (χ2n) is 5.55. The van der Waals surface area contributed by atoms with Crippen LogP contribution in [0.1, 0.15) is 25.3 Å². The molecule has 1 aromatic carbocycles. The predicted molar refractivity (Wildman–Crippen MR) is 78.9 cm³/mol. The molecule has 1 aliphatic rings. The zero-order chi connectivity index (χ0) is 14.4. The Bertz CT molecular complexity index is 416. The van der Waals surface area contributed by atoms with Crippen molar-refractivity contribution in [2.45, 2.75) is 31.9 Å². The highest BCUT2D eigenvalue weighted by Gasteiger charge is 2.31. The van der Waals surface area contributed by atoms with Crippen molar-refractivity contribution in [2.24, 2.45) is 0 Å². The van der Waals surface area contributed by atoms with Gasteiger partial charge in [0.2, 0.25) is 0 Å². The van der Waals surface area contributed by atoms with E-state index in [0.29, 0.717) is 39.2 Å². The number of para-hydroxylation sites is 1. The van der Waals surface area contributed by atoms with Gasteiger partial charge in [0.25, 0.3) is 0 Å². The molecule has 1 N–H and O–H groups in total. The van der Waals surface area contributed by atoms with Crippen molar-refractivity contribution < 1.29 is 14.6 Å². The highest BCUT2D eigenvalue weighted by atomic mass is 16.5. The molecule has 1 aliphatic heterocycles. The molecule has 0 aliphatic carbocycles. The van der Waals surface area contributed by atoms with E-state index in [4.69, 9.17) is 9.47 Å². The maximum absolute atomic E-state index is 10.5. The highest BCUT2D eigenvalue weighted by molar-refractivity contribution is 5.33. The summed E-state index contributed by atoms with van der Waals surface area (Å²) in [6.07, 6.45) is 1.43. The van der Waals surface area contributed by atoms with Gasteiger partial charge in [-0.25, -0.2) is 0 Å². The molecule has 1 aromatic rings. The second kappa shape index (κ2) is 7.07. The molecule has 0 unspecified atom stereocenters. The Morgan fingerprint density at radius 3 is 2.70 bits per heavy atom. The Morgan fingerprint density at radius 1 is 1.30 bits per heavy atom. The fourth-order valence-electron chi connectivity index (χ4n) is 2.69. The lowest BCUT2D eigenvalue weighted by atomic mass is 9.94. The van der Waals surface area contributed by atoms with Crippen molar-refractivity contribution in [3.63, 3.8) is 0 Å². The van der Waals surface area contributed by atoms with Crippen molar-refractivity contribution in [3.05, 3.63) is 29.8 Å². The summed E-state index contributed by atoms with van der Waals surface area (Å²) in [5.41, 5.74) is 0.542. The maximum atomic E-state index is 10.5. The summed E-state index contributed by atoms with van der Waals surface area (Å²) >= 11 is 0. The van der Waals surface area contributed by atoms with Crippen LogP contribution in [-0.2, 0) is 11.3 Å². The summed E-state index contributed by atoms with van der Waals surface area (Å²) in [7, 11) is 2.04. The molecule has 0 atom stereocenters. The zero-order valence-electron chi connectivity index (χ0n) is 12.5. The van der Waals surface area contributed by atoms with Crippen LogP contribution in [0.25, 0.3) is 0 Å². The van der Waals surface area contributed by atoms with Gasteiger partial charge in [-0.2, -0.15) is 0 Å². The third-order valence-electron chi connectivity index (χ3n) is 3.70. The third kappa shape index (κ3) is 4.20. The summed E-state index contributed by atoms with van der Waals surface area (Å²) in [5.74, 6) is 0.931. The molecule has 20 heavy (non-hydrogen) atoms. The van der Waals surface area contributed by atoms with Gasteiger partial charge in [0.05, 0.1) is 12.2 Å². The maximum Gasteiger partial charge on any atom is 0.123 e. The third-order valence-corrected chi connectivity index (χ3v) is 3.70. The van der Waals surface area contributed by atoms with Crippen LogP contribution >= 0.6 is 0 Å². The Hall–Kier alpha value is -1.10. The lowest BCUT2D eigenvalue weighted by Gasteiger charge is -2.35. The Morgan fingerprint density at radius 2 is 2.00 bits per heavy atom. The topological polar surface area (TPSA) is 41.9 Å². The molecule has 4 nitrogen and oxygen atoms in total. The van der Waals surface area contributed by atoms with Gasteiger partial charge in [-0.05, 0) is 20.0 Å². The van der Waals surface area contributed by atoms with Gasteiger partial charge in [-0.15, -0.1) is 0 Å². The first kappa shape index (κ1) is 15.3. The Balaban J connectivity index is 1.95. The molecule has 0 amide bonds. The summed E-state index contributed by atoms with van der Waals surface area (Å²) in [6.45, 7) is 5.41. The number of benzene rings is 1. The fraction of sp³-hybridized carbons (Fsp3) is 0.625. The zero-order valence-corrected chi connectivity index (χ0v) is 12.5. The molecule has 0 bridgehead atoms. The van der Waals surface area contributed by atoms with E-state index in [0.717, 1.165) is 17.9 Å². The van der Waals surface area contributed by atoms with Crippen LogP contribution < -0.4 is 4.74 Å². The van der Waals surface area contributed by atoms with Gasteiger partial charge in [0.15, 0.2) is 0 Å². The molecule has 0 radical (unpaired) electrons. The molecule has 112 valence electrons. The van der Waals surface area contributed by atoms with Crippen molar-refractivity contribution in [3.8, 4) is 5.75 Å². The summed E-state index contributed by atoms with van der Waals surface area (Å²) < 4.78 is 11.0. The number of ether oxygens (including phenoxy) is 2. The standard InChI is InChI=1S/C16H25NO3/c1-3-20-15-7-5-4-6-14(15)12-17(2)13-16(18)8-10-19-11-9-16/h4-7,18H,3,8-13H2,1-2H3. The number of nitrogens with zero attached hydrogens (tertiary/aromatic N) is 1. The summed E-state index contributed by atoms with van der Waals surface area (Å²) in [5, 5.41) is 10.5. The smallest absolute Gasteiger partial charge is 0.123 e. The number of likely N-dealkylation sites (N-methyl/N-ethyl adjacent to an activating group) is 1. The summed E-state index contributed by atoms with van der Waals surface area (Å²) in [4.78, 5) is 2.16. The molecule has 1 fully saturated rings. The van der Waals surface area contributed by atoms with E-state index >= 15 is 0 Å². The minimum atomic E-state index is -0.618. The van der Waals surface area contributed by atoms with E-state index in [9.17, 15) is 5.11 Å². The lowest BCUT2D eigenvalue weighted by molar-refractivity contribution is -0.0777. The van der Waals surface area contributed by atoms with Crippen LogP contribution in [0.3, 0.4) is 0 Å². The van der Waals surface area contributed by atoms with Crippen LogP contribution in [-0.4, -0.2) is 49.0 Å². The van der Waals surface area contributed by atoms with Gasteiger partial charge >= 0.3 is 0 Å². The largest absolute Gasteiger partial charge is 0.494 e. The first-order valence-corrected chi connectivity index (χ1v) is 7.32. The van der Waals surface area contributed by atoms with Crippen LogP contribution in [0.5, 0.6) is 5.75 Å². The van der Waals surface area contributed by atoms with Crippen molar-refractivity contribution in [1.29, 1.82) is 0 Å². The molecular weight excluding hydrogens is 254 g/mol. The monoisotopic (exact) mass is 279 g/mol. The first-order valence-electron chi connectivity index (χ1n) is 7.32. The van der Waals surface area contributed by atoms with E-state index in [1.807, 2.05) is 32.2 Å².